The predicted octanol–water partition coefficient (Wildman–Crippen LogP) is 6.49. The van der Waals surface area contributed by atoms with E-state index in [0.717, 1.165) is 27.0 Å². The first kappa shape index (κ1) is 17.9. The number of aromatic hydroxyl groups is 1. The summed E-state index contributed by atoms with van der Waals surface area (Å²) in [6.07, 6.45) is 0. The molecular weight excluding hydrogens is 350 g/mol. The lowest BCUT2D eigenvalue weighted by Crippen LogP contribution is -2.17. The number of phenolic OH excluding ortho intramolecular Hbond substituents is 1. The number of benzene rings is 2. The molecule has 0 spiro atoms. The molecule has 2 aromatic rings. The molecule has 0 fully saturated rings. The minimum atomic E-state index is -0.124. The van der Waals surface area contributed by atoms with Gasteiger partial charge < -0.3 is 10.4 Å². The average Bonchev–Trinajstić information content (AvgIpc) is 2.40. The standard InChI is InChI=1S/C20H26BrNO/c1-19(2,3)16-11-15(12-17(18(16)23)20(4,5)6)22-14-9-7-13(21)8-10-14/h7-12,22-23H,1-6H3. The number of rotatable bonds is 2. The van der Waals surface area contributed by atoms with Crippen molar-refractivity contribution in [3.8, 4) is 5.75 Å². The molecule has 0 atom stereocenters. The van der Waals surface area contributed by atoms with Crippen molar-refractivity contribution in [1.82, 2.24) is 0 Å². The van der Waals surface area contributed by atoms with Gasteiger partial charge in [-0.25, -0.2) is 0 Å². The van der Waals surface area contributed by atoms with Gasteiger partial charge in [-0.05, 0) is 47.2 Å². The smallest absolute Gasteiger partial charge is 0.123 e. The number of hydrogen-bond acceptors (Lipinski definition) is 2. The summed E-state index contributed by atoms with van der Waals surface area (Å²) in [6, 6.07) is 12.2. The first-order chi connectivity index (χ1) is 10.5. The van der Waals surface area contributed by atoms with Crippen LogP contribution in [-0.2, 0) is 10.8 Å². The summed E-state index contributed by atoms with van der Waals surface area (Å²) in [4.78, 5) is 0. The van der Waals surface area contributed by atoms with Crippen LogP contribution in [0.1, 0.15) is 52.7 Å². The lowest BCUT2D eigenvalue weighted by atomic mass is 9.79. The molecule has 0 aliphatic heterocycles. The average molecular weight is 376 g/mol. The van der Waals surface area contributed by atoms with E-state index >= 15 is 0 Å². The van der Waals surface area contributed by atoms with Crippen LogP contribution >= 0.6 is 15.9 Å². The van der Waals surface area contributed by atoms with E-state index in [9.17, 15) is 5.11 Å². The molecule has 0 saturated heterocycles. The Hall–Kier alpha value is -1.48. The van der Waals surface area contributed by atoms with Gasteiger partial charge in [-0.15, -0.1) is 0 Å². The van der Waals surface area contributed by atoms with E-state index in [1.54, 1.807) is 0 Å². The first-order valence-electron chi connectivity index (χ1n) is 7.89. The summed E-state index contributed by atoms with van der Waals surface area (Å²) in [6.45, 7) is 12.7. The van der Waals surface area contributed by atoms with Gasteiger partial charge in [0, 0.05) is 27.0 Å². The van der Waals surface area contributed by atoms with Crippen molar-refractivity contribution in [2.24, 2.45) is 0 Å². The molecule has 23 heavy (non-hydrogen) atoms. The molecule has 2 nitrogen and oxygen atoms in total. The topological polar surface area (TPSA) is 32.3 Å². The molecular formula is C20H26BrNO. The molecule has 0 heterocycles. The summed E-state index contributed by atoms with van der Waals surface area (Å²) >= 11 is 3.45. The van der Waals surface area contributed by atoms with Crippen molar-refractivity contribution >= 4 is 27.3 Å². The van der Waals surface area contributed by atoms with Crippen LogP contribution in [0.2, 0.25) is 0 Å². The third-order valence-electron chi connectivity index (χ3n) is 3.86. The van der Waals surface area contributed by atoms with Crippen molar-refractivity contribution in [3.05, 3.63) is 52.0 Å². The van der Waals surface area contributed by atoms with E-state index in [-0.39, 0.29) is 10.8 Å². The van der Waals surface area contributed by atoms with Crippen LogP contribution in [0.25, 0.3) is 0 Å². The molecule has 0 radical (unpaired) electrons. The van der Waals surface area contributed by atoms with Crippen LogP contribution in [0.4, 0.5) is 11.4 Å². The normalized spacial score (nSPS) is 12.3. The van der Waals surface area contributed by atoms with E-state index < -0.39 is 0 Å². The van der Waals surface area contributed by atoms with Gasteiger partial charge in [-0.2, -0.15) is 0 Å². The summed E-state index contributed by atoms with van der Waals surface area (Å²) in [5.41, 5.74) is 3.70. The van der Waals surface area contributed by atoms with Crippen LogP contribution in [0.15, 0.2) is 40.9 Å². The monoisotopic (exact) mass is 375 g/mol. The maximum absolute atomic E-state index is 10.8. The van der Waals surface area contributed by atoms with Crippen LogP contribution in [0.5, 0.6) is 5.75 Å². The second-order valence-electron chi connectivity index (χ2n) is 8.05. The molecule has 0 aromatic heterocycles. The van der Waals surface area contributed by atoms with Gasteiger partial charge >= 0.3 is 0 Å². The number of halogens is 1. The maximum atomic E-state index is 10.8. The highest BCUT2D eigenvalue weighted by Gasteiger charge is 2.26. The third-order valence-corrected chi connectivity index (χ3v) is 4.39. The van der Waals surface area contributed by atoms with Crippen LogP contribution in [0.3, 0.4) is 0 Å². The van der Waals surface area contributed by atoms with E-state index in [1.165, 1.54) is 0 Å². The quantitative estimate of drug-likeness (QED) is 0.587. The summed E-state index contributed by atoms with van der Waals surface area (Å²) in [5.74, 6) is 0.409. The van der Waals surface area contributed by atoms with Crippen LogP contribution < -0.4 is 5.32 Å². The zero-order valence-electron chi connectivity index (χ0n) is 14.8. The second kappa shape index (κ2) is 6.20. The number of hydrogen-bond donors (Lipinski definition) is 2. The van der Waals surface area contributed by atoms with Gasteiger partial charge in [0.15, 0.2) is 0 Å². The summed E-state index contributed by atoms with van der Waals surface area (Å²) in [5, 5.41) is 14.2. The van der Waals surface area contributed by atoms with Crippen molar-refractivity contribution in [3.63, 3.8) is 0 Å². The minimum absolute atomic E-state index is 0.124. The number of nitrogens with one attached hydrogen (secondary N) is 1. The van der Waals surface area contributed by atoms with E-state index in [0.29, 0.717) is 5.75 Å². The Morgan fingerprint density at radius 1 is 0.783 bits per heavy atom. The zero-order valence-corrected chi connectivity index (χ0v) is 16.4. The summed E-state index contributed by atoms with van der Waals surface area (Å²) in [7, 11) is 0. The van der Waals surface area contributed by atoms with Crippen molar-refractivity contribution in [2.75, 3.05) is 5.32 Å². The van der Waals surface area contributed by atoms with Crippen molar-refractivity contribution in [2.45, 2.75) is 52.4 Å². The molecule has 2 rings (SSSR count). The molecule has 0 saturated carbocycles. The highest BCUT2D eigenvalue weighted by atomic mass is 79.9. The molecule has 124 valence electrons. The third kappa shape index (κ3) is 4.29. The van der Waals surface area contributed by atoms with E-state index in [4.69, 9.17) is 0 Å². The molecule has 0 unspecified atom stereocenters. The predicted molar refractivity (Wildman–Crippen MR) is 103 cm³/mol. The molecule has 2 aromatic carbocycles. The minimum Gasteiger partial charge on any atom is -0.507 e. The van der Waals surface area contributed by atoms with Crippen molar-refractivity contribution < 1.29 is 5.11 Å². The van der Waals surface area contributed by atoms with Gasteiger partial charge in [0.2, 0.25) is 0 Å². The Morgan fingerprint density at radius 2 is 1.22 bits per heavy atom. The Balaban J connectivity index is 2.53. The highest BCUT2D eigenvalue weighted by molar-refractivity contribution is 9.10. The fourth-order valence-electron chi connectivity index (χ4n) is 2.55. The van der Waals surface area contributed by atoms with Crippen molar-refractivity contribution in [1.29, 1.82) is 0 Å². The highest BCUT2D eigenvalue weighted by Crippen LogP contribution is 2.41. The summed E-state index contributed by atoms with van der Waals surface area (Å²) < 4.78 is 1.06. The molecule has 0 amide bonds. The SMILES string of the molecule is CC(C)(C)c1cc(Nc2ccc(Br)cc2)cc(C(C)(C)C)c1O. The number of anilines is 2. The molecule has 0 bridgehead atoms. The van der Waals surface area contributed by atoms with E-state index in [2.05, 4.69) is 62.8 Å². The van der Waals surface area contributed by atoms with E-state index in [1.807, 2.05) is 36.4 Å². The fraction of sp³-hybridized carbons (Fsp3) is 0.400. The second-order valence-corrected chi connectivity index (χ2v) is 8.97. The van der Waals surface area contributed by atoms with Crippen LogP contribution in [-0.4, -0.2) is 5.11 Å². The molecule has 2 N–H and O–H groups in total. The maximum Gasteiger partial charge on any atom is 0.123 e. The van der Waals surface area contributed by atoms with Crippen LogP contribution in [0, 0.1) is 0 Å². The lowest BCUT2D eigenvalue weighted by molar-refractivity contribution is 0.423. The first-order valence-corrected chi connectivity index (χ1v) is 8.68. The Kier molecular flexibility index (Phi) is 4.81. The molecule has 0 aliphatic rings. The van der Waals surface area contributed by atoms with Gasteiger partial charge in [-0.3, -0.25) is 0 Å². The van der Waals surface area contributed by atoms with Gasteiger partial charge in [-0.1, -0.05) is 57.5 Å². The van der Waals surface area contributed by atoms with Gasteiger partial charge in [0.05, 0.1) is 0 Å². The Bertz CT molecular complexity index is 656. The lowest BCUT2D eigenvalue weighted by Gasteiger charge is -2.28. The van der Waals surface area contributed by atoms with Gasteiger partial charge in [0.1, 0.15) is 5.75 Å². The Morgan fingerprint density at radius 3 is 1.61 bits per heavy atom. The van der Waals surface area contributed by atoms with Gasteiger partial charge in [0.25, 0.3) is 0 Å². The number of phenols is 1. The fourth-order valence-corrected chi connectivity index (χ4v) is 2.81. The zero-order chi connectivity index (χ0) is 17.4. The molecule has 0 aliphatic carbocycles. The molecule has 3 heteroatoms. The Labute approximate surface area is 148 Å². The largest absolute Gasteiger partial charge is 0.507 e.